The van der Waals surface area contributed by atoms with E-state index < -0.39 is 0 Å². The molecule has 3 fully saturated rings. The molecule has 3 atom stereocenters. The summed E-state index contributed by atoms with van der Waals surface area (Å²) in [5.74, 6) is 1.53. The molecule has 2 saturated heterocycles. The molecule has 0 radical (unpaired) electrons. The lowest BCUT2D eigenvalue weighted by atomic mass is 9.72. The van der Waals surface area contributed by atoms with Gasteiger partial charge in [0, 0.05) is 25.9 Å². The van der Waals surface area contributed by atoms with Crippen molar-refractivity contribution >= 4 is 0 Å². The van der Waals surface area contributed by atoms with Crippen LogP contribution in [0.4, 0.5) is 0 Å². The summed E-state index contributed by atoms with van der Waals surface area (Å²) in [5, 5.41) is 0. The van der Waals surface area contributed by atoms with Gasteiger partial charge in [-0.3, -0.25) is 0 Å². The number of nitrogens with two attached hydrogens (primary N) is 1. The van der Waals surface area contributed by atoms with Crippen molar-refractivity contribution in [1.82, 2.24) is 0 Å². The molecule has 19 heavy (non-hydrogen) atoms. The first-order valence-electron chi connectivity index (χ1n) is 8.26. The Morgan fingerprint density at radius 3 is 2.53 bits per heavy atom. The zero-order valence-electron chi connectivity index (χ0n) is 12.1. The molecule has 3 rings (SSSR count). The van der Waals surface area contributed by atoms with Gasteiger partial charge < -0.3 is 15.2 Å². The maximum absolute atomic E-state index is 6.46. The Hall–Kier alpha value is -0.120. The third kappa shape index (κ3) is 3.14. The molecule has 2 aliphatic heterocycles. The van der Waals surface area contributed by atoms with E-state index in [0.717, 1.165) is 44.5 Å². The van der Waals surface area contributed by atoms with Crippen molar-refractivity contribution in [2.75, 3.05) is 19.8 Å². The first-order chi connectivity index (χ1) is 9.29. The van der Waals surface area contributed by atoms with Gasteiger partial charge in [-0.25, -0.2) is 0 Å². The van der Waals surface area contributed by atoms with Gasteiger partial charge in [-0.2, -0.15) is 0 Å². The highest BCUT2D eigenvalue weighted by atomic mass is 16.5. The largest absolute Gasteiger partial charge is 0.381 e. The van der Waals surface area contributed by atoms with E-state index in [0.29, 0.717) is 6.04 Å². The Balaban J connectivity index is 1.66. The van der Waals surface area contributed by atoms with Gasteiger partial charge in [0.15, 0.2) is 0 Å². The third-order valence-corrected chi connectivity index (χ3v) is 5.67. The molecular formula is C16H29NO2. The lowest BCUT2D eigenvalue weighted by Crippen LogP contribution is -2.48. The fourth-order valence-corrected chi connectivity index (χ4v) is 4.47. The second kappa shape index (κ2) is 6.11. The van der Waals surface area contributed by atoms with E-state index in [1.165, 1.54) is 44.9 Å². The predicted octanol–water partition coefficient (Wildman–Crippen LogP) is 2.87. The van der Waals surface area contributed by atoms with Crippen molar-refractivity contribution in [3.05, 3.63) is 0 Å². The highest BCUT2D eigenvalue weighted by Crippen LogP contribution is 2.42. The van der Waals surface area contributed by atoms with Crippen LogP contribution in [0.3, 0.4) is 0 Å². The Morgan fingerprint density at radius 2 is 1.68 bits per heavy atom. The van der Waals surface area contributed by atoms with E-state index in [1.54, 1.807) is 0 Å². The zero-order chi connectivity index (χ0) is 13.1. The topological polar surface area (TPSA) is 44.5 Å². The summed E-state index contributed by atoms with van der Waals surface area (Å²) in [7, 11) is 0. The summed E-state index contributed by atoms with van der Waals surface area (Å²) in [5.41, 5.74) is 6.59. The van der Waals surface area contributed by atoms with Crippen molar-refractivity contribution < 1.29 is 9.47 Å². The quantitative estimate of drug-likeness (QED) is 0.743. The van der Waals surface area contributed by atoms with E-state index in [4.69, 9.17) is 15.2 Å². The molecule has 2 N–H and O–H groups in total. The molecule has 0 aromatic carbocycles. The number of ether oxygens (including phenoxy) is 2. The molecule has 3 unspecified atom stereocenters. The number of hydrogen-bond donors (Lipinski definition) is 1. The number of rotatable bonds is 1. The minimum Gasteiger partial charge on any atom is -0.381 e. The Bertz CT molecular complexity index is 283. The van der Waals surface area contributed by atoms with Crippen LogP contribution < -0.4 is 5.73 Å². The zero-order valence-corrected chi connectivity index (χ0v) is 12.1. The standard InChI is InChI=1S/C16H29NO2/c17-15-5-3-1-2-4-14(15)13-6-9-19-16(12-13)7-10-18-11-8-16/h13-15H,1-12,17H2. The molecule has 3 nitrogen and oxygen atoms in total. The predicted molar refractivity (Wildman–Crippen MR) is 76.0 cm³/mol. The van der Waals surface area contributed by atoms with Crippen LogP contribution in [-0.4, -0.2) is 31.5 Å². The summed E-state index contributed by atoms with van der Waals surface area (Å²) >= 11 is 0. The van der Waals surface area contributed by atoms with Crippen molar-refractivity contribution in [3.8, 4) is 0 Å². The van der Waals surface area contributed by atoms with Crippen LogP contribution >= 0.6 is 0 Å². The Morgan fingerprint density at radius 1 is 0.895 bits per heavy atom. The maximum atomic E-state index is 6.46. The summed E-state index contributed by atoms with van der Waals surface area (Å²) < 4.78 is 11.7. The van der Waals surface area contributed by atoms with Gasteiger partial charge in [0.1, 0.15) is 0 Å². The first kappa shape index (κ1) is 13.8. The van der Waals surface area contributed by atoms with E-state index in [-0.39, 0.29) is 5.60 Å². The maximum Gasteiger partial charge on any atom is 0.0729 e. The van der Waals surface area contributed by atoms with Crippen LogP contribution in [0, 0.1) is 11.8 Å². The molecule has 1 saturated carbocycles. The van der Waals surface area contributed by atoms with Crippen molar-refractivity contribution in [3.63, 3.8) is 0 Å². The van der Waals surface area contributed by atoms with Gasteiger partial charge in [-0.05, 0) is 50.4 Å². The minimum atomic E-state index is 0.132. The fraction of sp³-hybridized carbons (Fsp3) is 1.00. The average Bonchev–Trinajstić information content (AvgIpc) is 2.64. The second-order valence-electron chi connectivity index (χ2n) is 6.86. The van der Waals surface area contributed by atoms with Gasteiger partial charge in [0.25, 0.3) is 0 Å². The van der Waals surface area contributed by atoms with Crippen LogP contribution in [0.25, 0.3) is 0 Å². The molecule has 2 heterocycles. The molecular weight excluding hydrogens is 238 g/mol. The van der Waals surface area contributed by atoms with Crippen LogP contribution in [0.5, 0.6) is 0 Å². The van der Waals surface area contributed by atoms with E-state index >= 15 is 0 Å². The molecule has 3 heteroatoms. The molecule has 0 aromatic heterocycles. The normalized spacial score (nSPS) is 39.9. The summed E-state index contributed by atoms with van der Waals surface area (Å²) in [6, 6.07) is 0.433. The SMILES string of the molecule is NC1CCCCCC1C1CCOC2(CCOCC2)C1. The fourth-order valence-electron chi connectivity index (χ4n) is 4.47. The summed E-state index contributed by atoms with van der Waals surface area (Å²) in [6.07, 6.45) is 11.3. The van der Waals surface area contributed by atoms with E-state index in [9.17, 15) is 0 Å². The van der Waals surface area contributed by atoms with Gasteiger partial charge in [0.2, 0.25) is 0 Å². The van der Waals surface area contributed by atoms with Crippen LogP contribution in [-0.2, 0) is 9.47 Å². The molecule has 110 valence electrons. The number of hydrogen-bond acceptors (Lipinski definition) is 3. The highest BCUT2D eigenvalue weighted by molar-refractivity contribution is 4.93. The highest BCUT2D eigenvalue weighted by Gasteiger charge is 2.42. The monoisotopic (exact) mass is 267 g/mol. The van der Waals surface area contributed by atoms with Crippen LogP contribution in [0.2, 0.25) is 0 Å². The molecule has 3 aliphatic rings. The van der Waals surface area contributed by atoms with E-state index in [1.807, 2.05) is 0 Å². The second-order valence-corrected chi connectivity index (χ2v) is 6.86. The van der Waals surface area contributed by atoms with Gasteiger partial charge >= 0.3 is 0 Å². The third-order valence-electron chi connectivity index (χ3n) is 5.67. The van der Waals surface area contributed by atoms with Crippen LogP contribution in [0.15, 0.2) is 0 Å². The molecule has 0 amide bonds. The van der Waals surface area contributed by atoms with Gasteiger partial charge in [-0.1, -0.05) is 19.3 Å². The first-order valence-corrected chi connectivity index (χ1v) is 8.26. The Labute approximate surface area is 117 Å². The summed E-state index contributed by atoms with van der Waals surface area (Å²) in [6.45, 7) is 2.70. The van der Waals surface area contributed by atoms with Gasteiger partial charge in [0.05, 0.1) is 5.60 Å². The van der Waals surface area contributed by atoms with Crippen molar-refractivity contribution in [1.29, 1.82) is 0 Å². The average molecular weight is 267 g/mol. The van der Waals surface area contributed by atoms with Crippen LogP contribution in [0.1, 0.15) is 57.8 Å². The minimum absolute atomic E-state index is 0.132. The van der Waals surface area contributed by atoms with E-state index in [2.05, 4.69) is 0 Å². The molecule has 1 aliphatic carbocycles. The van der Waals surface area contributed by atoms with Gasteiger partial charge in [-0.15, -0.1) is 0 Å². The Kier molecular flexibility index (Phi) is 4.45. The molecule has 0 bridgehead atoms. The smallest absolute Gasteiger partial charge is 0.0729 e. The lowest BCUT2D eigenvalue weighted by Gasteiger charge is -2.46. The molecule has 0 aromatic rings. The summed E-state index contributed by atoms with van der Waals surface area (Å²) in [4.78, 5) is 0. The van der Waals surface area contributed by atoms with Crippen molar-refractivity contribution in [2.24, 2.45) is 17.6 Å². The van der Waals surface area contributed by atoms with Crippen molar-refractivity contribution in [2.45, 2.75) is 69.4 Å². The lowest BCUT2D eigenvalue weighted by molar-refractivity contribution is -0.153. The molecule has 1 spiro atoms.